The second kappa shape index (κ2) is 5.37. The molecule has 1 unspecified atom stereocenters. The summed E-state index contributed by atoms with van der Waals surface area (Å²) in [5.74, 6) is 1.04. The molecule has 0 spiro atoms. The molecule has 16 heavy (non-hydrogen) atoms. The van der Waals surface area contributed by atoms with E-state index in [1.165, 1.54) is 25.9 Å². The van der Waals surface area contributed by atoms with E-state index in [0.717, 1.165) is 5.69 Å². The third-order valence-corrected chi connectivity index (χ3v) is 3.55. The lowest BCUT2D eigenvalue weighted by atomic mass is 9.82. The van der Waals surface area contributed by atoms with Crippen LogP contribution in [0.4, 0.5) is 0 Å². The van der Waals surface area contributed by atoms with Gasteiger partial charge in [-0.1, -0.05) is 0 Å². The highest BCUT2D eigenvalue weighted by molar-refractivity contribution is 5.06. The monoisotopic (exact) mass is 220 g/mol. The normalized spacial score (nSPS) is 20.9. The number of piperidine rings is 1. The second-order valence-corrected chi connectivity index (χ2v) is 4.61. The summed E-state index contributed by atoms with van der Waals surface area (Å²) in [6, 6.07) is 0. The van der Waals surface area contributed by atoms with Crippen LogP contribution >= 0.6 is 0 Å². The molecule has 4 heteroatoms. The van der Waals surface area contributed by atoms with Crippen LogP contribution < -0.4 is 5.73 Å². The summed E-state index contributed by atoms with van der Waals surface area (Å²) >= 11 is 0. The molecule has 1 aliphatic heterocycles. The Morgan fingerprint density at radius 3 is 2.75 bits per heavy atom. The summed E-state index contributed by atoms with van der Waals surface area (Å²) < 4.78 is 0. The average Bonchev–Trinajstić information content (AvgIpc) is 2.34. The summed E-state index contributed by atoms with van der Waals surface area (Å²) in [5.41, 5.74) is 6.94. The molecule has 2 heterocycles. The SMILES string of the molecule is CN1CCC(C(CN)c2cnccn2)CC1. The number of hydrogen-bond acceptors (Lipinski definition) is 4. The van der Waals surface area contributed by atoms with Crippen molar-refractivity contribution >= 4 is 0 Å². The van der Waals surface area contributed by atoms with Gasteiger partial charge in [-0.15, -0.1) is 0 Å². The molecule has 1 aromatic rings. The minimum atomic E-state index is 0.377. The smallest absolute Gasteiger partial charge is 0.0632 e. The standard InChI is InChI=1S/C12H20N4/c1-16-6-2-10(3-7-16)11(8-13)12-9-14-4-5-15-12/h4-5,9-11H,2-3,6-8,13H2,1H3. The zero-order chi connectivity index (χ0) is 11.4. The maximum atomic E-state index is 5.89. The first-order chi connectivity index (χ1) is 7.81. The van der Waals surface area contributed by atoms with Gasteiger partial charge in [0.1, 0.15) is 0 Å². The van der Waals surface area contributed by atoms with E-state index < -0.39 is 0 Å². The molecule has 1 aliphatic rings. The van der Waals surface area contributed by atoms with Crippen molar-refractivity contribution in [2.75, 3.05) is 26.7 Å². The quantitative estimate of drug-likeness (QED) is 0.821. The minimum absolute atomic E-state index is 0.377. The van der Waals surface area contributed by atoms with Gasteiger partial charge in [0.25, 0.3) is 0 Å². The van der Waals surface area contributed by atoms with Crippen LogP contribution in [0.15, 0.2) is 18.6 Å². The lowest BCUT2D eigenvalue weighted by Gasteiger charge is -2.33. The third kappa shape index (κ3) is 2.57. The van der Waals surface area contributed by atoms with E-state index in [9.17, 15) is 0 Å². The number of aromatic nitrogens is 2. The fourth-order valence-corrected chi connectivity index (χ4v) is 2.49. The van der Waals surface area contributed by atoms with Gasteiger partial charge in [-0.25, -0.2) is 0 Å². The van der Waals surface area contributed by atoms with Gasteiger partial charge in [0.05, 0.1) is 5.69 Å². The van der Waals surface area contributed by atoms with Crippen LogP contribution in [0.3, 0.4) is 0 Å². The Kier molecular flexibility index (Phi) is 3.85. The third-order valence-electron chi connectivity index (χ3n) is 3.55. The molecular weight excluding hydrogens is 200 g/mol. The molecule has 0 radical (unpaired) electrons. The van der Waals surface area contributed by atoms with Crippen LogP contribution in [0.5, 0.6) is 0 Å². The van der Waals surface area contributed by atoms with Crippen LogP contribution in [0.2, 0.25) is 0 Å². The molecule has 1 atom stereocenters. The number of likely N-dealkylation sites (tertiary alicyclic amines) is 1. The Labute approximate surface area is 96.9 Å². The van der Waals surface area contributed by atoms with Crippen LogP contribution in [0, 0.1) is 5.92 Å². The summed E-state index contributed by atoms with van der Waals surface area (Å²) in [5, 5.41) is 0. The molecule has 88 valence electrons. The van der Waals surface area contributed by atoms with E-state index in [1.54, 1.807) is 12.4 Å². The molecule has 0 aromatic carbocycles. The first-order valence-corrected chi connectivity index (χ1v) is 5.95. The van der Waals surface area contributed by atoms with Crippen molar-refractivity contribution in [3.8, 4) is 0 Å². The van der Waals surface area contributed by atoms with Gasteiger partial charge in [0.2, 0.25) is 0 Å². The molecule has 1 aromatic heterocycles. The summed E-state index contributed by atoms with van der Waals surface area (Å²) in [6.07, 6.45) is 7.76. The van der Waals surface area contributed by atoms with E-state index >= 15 is 0 Å². The van der Waals surface area contributed by atoms with Crippen molar-refractivity contribution < 1.29 is 0 Å². The number of rotatable bonds is 3. The van der Waals surface area contributed by atoms with Gasteiger partial charge in [0.15, 0.2) is 0 Å². The molecule has 1 fully saturated rings. The Morgan fingerprint density at radius 2 is 2.19 bits per heavy atom. The molecule has 4 nitrogen and oxygen atoms in total. The average molecular weight is 220 g/mol. The first-order valence-electron chi connectivity index (χ1n) is 5.95. The topological polar surface area (TPSA) is 55.0 Å². The van der Waals surface area contributed by atoms with Crippen molar-refractivity contribution in [1.82, 2.24) is 14.9 Å². The molecule has 2 N–H and O–H groups in total. The first kappa shape index (κ1) is 11.5. The molecular formula is C12H20N4. The molecule has 1 saturated heterocycles. The lowest BCUT2D eigenvalue weighted by molar-refractivity contribution is 0.198. The fourth-order valence-electron chi connectivity index (χ4n) is 2.49. The van der Waals surface area contributed by atoms with E-state index in [2.05, 4.69) is 21.9 Å². The van der Waals surface area contributed by atoms with Gasteiger partial charge < -0.3 is 10.6 Å². The number of nitrogens with zero attached hydrogens (tertiary/aromatic N) is 3. The van der Waals surface area contributed by atoms with Gasteiger partial charge in [0, 0.05) is 31.1 Å². The van der Waals surface area contributed by atoms with Gasteiger partial charge in [-0.3, -0.25) is 9.97 Å². The van der Waals surface area contributed by atoms with Crippen LogP contribution in [-0.2, 0) is 0 Å². The highest BCUT2D eigenvalue weighted by atomic mass is 15.1. The summed E-state index contributed by atoms with van der Waals surface area (Å²) in [4.78, 5) is 10.9. The predicted molar refractivity (Wildman–Crippen MR) is 64.0 cm³/mol. The summed E-state index contributed by atoms with van der Waals surface area (Å²) in [7, 11) is 2.18. The molecule has 0 bridgehead atoms. The van der Waals surface area contributed by atoms with E-state index in [1.807, 2.05) is 6.20 Å². The Hall–Kier alpha value is -1.00. The van der Waals surface area contributed by atoms with Crippen molar-refractivity contribution in [2.24, 2.45) is 11.7 Å². The maximum Gasteiger partial charge on any atom is 0.0632 e. The highest BCUT2D eigenvalue weighted by Gasteiger charge is 2.26. The maximum absolute atomic E-state index is 5.89. The Balaban J connectivity index is 2.05. The number of nitrogens with two attached hydrogens (primary N) is 1. The van der Waals surface area contributed by atoms with E-state index in [4.69, 9.17) is 5.73 Å². The van der Waals surface area contributed by atoms with Crippen LogP contribution in [-0.4, -0.2) is 41.5 Å². The van der Waals surface area contributed by atoms with Crippen LogP contribution in [0.1, 0.15) is 24.5 Å². The van der Waals surface area contributed by atoms with Gasteiger partial charge >= 0.3 is 0 Å². The zero-order valence-electron chi connectivity index (χ0n) is 9.84. The van der Waals surface area contributed by atoms with E-state index in [0.29, 0.717) is 18.4 Å². The lowest BCUT2D eigenvalue weighted by Crippen LogP contribution is -2.35. The second-order valence-electron chi connectivity index (χ2n) is 4.61. The van der Waals surface area contributed by atoms with Crippen molar-refractivity contribution in [3.05, 3.63) is 24.3 Å². The minimum Gasteiger partial charge on any atom is -0.330 e. The zero-order valence-corrected chi connectivity index (χ0v) is 9.84. The Morgan fingerprint density at radius 1 is 1.44 bits per heavy atom. The molecule has 2 rings (SSSR count). The fraction of sp³-hybridized carbons (Fsp3) is 0.667. The molecule has 0 aliphatic carbocycles. The van der Waals surface area contributed by atoms with Crippen LogP contribution in [0.25, 0.3) is 0 Å². The van der Waals surface area contributed by atoms with Gasteiger partial charge in [-0.2, -0.15) is 0 Å². The summed E-state index contributed by atoms with van der Waals surface area (Å²) in [6.45, 7) is 3.01. The van der Waals surface area contributed by atoms with Crippen molar-refractivity contribution in [2.45, 2.75) is 18.8 Å². The molecule has 0 amide bonds. The highest BCUT2D eigenvalue weighted by Crippen LogP contribution is 2.30. The Bertz CT molecular complexity index is 306. The van der Waals surface area contributed by atoms with Crippen molar-refractivity contribution in [1.29, 1.82) is 0 Å². The van der Waals surface area contributed by atoms with E-state index in [-0.39, 0.29) is 0 Å². The molecule has 0 saturated carbocycles. The largest absolute Gasteiger partial charge is 0.330 e. The predicted octanol–water partition coefficient (Wildman–Crippen LogP) is 0.861. The van der Waals surface area contributed by atoms with Crippen molar-refractivity contribution in [3.63, 3.8) is 0 Å². The van der Waals surface area contributed by atoms with Gasteiger partial charge in [-0.05, 0) is 38.9 Å². The number of hydrogen-bond donors (Lipinski definition) is 1.